The Morgan fingerprint density at radius 3 is 3.00 bits per heavy atom. The Morgan fingerprint density at radius 1 is 1.47 bits per heavy atom. The summed E-state index contributed by atoms with van der Waals surface area (Å²) in [5.41, 5.74) is 2.74. The highest BCUT2D eigenvalue weighted by molar-refractivity contribution is 5.98. The fourth-order valence-corrected chi connectivity index (χ4v) is 1.79. The number of H-pyrrole nitrogens is 1. The number of amides is 1. The van der Waals surface area contributed by atoms with E-state index in [9.17, 15) is 4.79 Å². The van der Waals surface area contributed by atoms with E-state index in [1.165, 1.54) is 0 Å². The lowest BCUT2D eigenvalue weighted by atomic mass is 10.1. The summed E-state index contributed by atoms with van der Waals surface area (Å²) in [5, 5.41) is 3.87. The molecule has 0 spiro atoms. The molecule has 0 aliphatic rings. The molecule has 0 aliphatic heterocycles. The second-order valence-corrected chi connectivity index (χ2v) is 3.97. The van der Waals surface area contributed by atoms with Gasteiger partial charge in [0, 0.05) is 24.6 Å². The molecule has 1 heterocycles. The van der Waals surface area contributed by atoms with Gasteiger partial charge in [-0.25, -0.2) is 0 Å². The fraction of sp³-hybridized carbons (Fsp3) is 0.308. The number of benzene rings is 1. The van der Waals surface area contributed by atoms with Crippen molar-refractivity contribution in [3.8, 4) is 0 Å². The smallest absolute Gasteiger partial charge is 0.267 e. The zero-order chi connectivity index (χ0) is 12.3. The van der Waals surface area contributed by atoms with Crippen molar-refractivity contribution in [2.45, 2.75) is 6.92 Å². The third-order valence-corrected chi connectivity index (χ3v) is 2.72. The molecule has 0 bridgehead atoms. The molecule has 0 saturated carbocycles. The van der Waals surface area contributed by atoms with E-state index in [1.807, 2.05) is 31.2 Å². The van der Waals surface area contributed by atoms with Gasteiger partial charge in [-0.15, -0.1) is 0 Å². The number of aryl methyl sites for hydroxylation is 1. The summed E-state index contributed by atoms with van der Waals surface area (Å²) >= 11 is 0. The van der Waals surface area contributed by atoms with Crippen LogP contribution in [0.15, 0.2) is 24.3 Å². The molecule has 90 valence electrons. The molecule has 1 aromatic carbocycles. The monoisotopic (exact) mass is 232 g/mol. The van der Waals surface area contributed by atoms with Crippen LogP contribution in [0, 0.1) is 6.92 Å². The van der Waals surface area contributed by atoms with Crippen LogP contribution in [0.2, 0.25) is 0 Å². The Bertz CT molecular complexity index is 531. The number of aromatic nitrogens is 1. The molecule has 0 aliphatic carbocycles. The number of methoxy groups -OCH3 is 1. The van der Waals surface area contributed by atoms with Gasteiger partial charge in [-0.2, -0.15) is 0 Å². The second-order valence-electron chi connectivity index (χ2n) is 3.97. The maximum absolute atomic E-state index is 11.8. The van der Waals surface area contributed by atoms with Crippen LogP contribution < -0.4 is 5.32 Å². The maximum Gasteiger partial charge on any atom is 0.267 e. The standard InChI is InChI=1S/C13H16N2O2/c1-9-4-3-5-11-10(9)8-12(15-11)13(16)14-6-7-17-2/h3-5,8,15H,6-7H2,1-2H3,(H,14,16). The summed E-state index contributed by atoms with van der Waals surface area (Å²) in [6.07, 6.45) is 0. The number of carbonyl (C=O) groups excluding carboxylic acids is 1. The first-order valence-corrected chi connectivity index (χ1v) is 5.58. The van der Waals surface area contributed by atoms with Crippen molar-refractivity contribution in [2.75, 3.05) is 20.3 Å². The van der Waals surface area contributed by atoms with E-state index in [0.717, 1.165) is 16.5 Å². The van der Waals surface area contributed by atoms with E-state index in [4.69, 9.17) is 4.74 Å². The number of rotatable bonds is 4. The Kier molecular flexibility index (Phi) is 3.44. The largest absolute Gasteiger partial charge is 0.383 e. The van der Waals surface area contributed by atoms with Gasteiger partial charge in [-0.05, 0) is 24.6 Å². The van der Waals surface area contributed by atoms with Crippen LogP contribution in [0.25, 0.3) is 10.9 Å². The van der Waals surface area contributed by atoms with Crippen LogP contribution in [0.1, 0.15) is 16.1 Å². The fourth-order valence-electron chi connectivity index (χ4n) is 1.79. The topological polar surface area (TPSA) is 54.1 Å². The van der Waals surface area contributed by atoms with Gasteiger partial charge >= 0.3 is 0 Å². The minimum atomic E-state index is -0.0994. The first kappa shape index (κ1) is 11.7. The summed E-state index contributed by atoms with van der Waals surface area (Å²) in [5.74, 6) is -0.0994. The quantitative estimate of drug-likeness (QED) is 0.790. The molecule has 0 unspecified atom stereocenters. The Hall–Kier alpha value is -1.81. The minimum Gasteiger partial charge on any atom is -0.383 e. The van der Waals surface area contributed by atoms with Gasteiger partial charge in [0.2, 0.25) is 0 Å². The number of hydrogen-bond donors (Lipinski definition) is 2. The number of ether oxygens (including phenoxy) is 1. The number of hydrogen-bond acceptors (Lipinski definition) is 2. The highest BCUT2D eigenvalue weighted by Crippen LogP contribution is 2.18. The summed E-state index contributed by atoms with van der Waals surface area (Å²) < 4.78 is 4.88. The number of aromatic amines is 1. The molecule has 0 radical (unpaired) electrons. The maximum atomic E-state index is 11.8. The molecular weight excluding hydrogens is 216 g/mol. The van der Waals surface area contributed by atoms with Gasteiger partial charge in [-0.1, -0.05) is 12.1 Å². The Labute approximate surface area is 100.0 Å². The van der Waals surface area contributed by atoms with E-state index < -0.39 is 0 Å². The van der Waals surface area contributed by atoms with Crippen molar-refractivity contribution in [3.05, 3.63) is 35.5 Å². The van der Waals surface area contributed by atoms with Gasteiger partial charge in [0.25, 0.3) is 5.91 Å². The van der Waals surface area contributed by atoms with Crippen molar-refractivity contribution >= 4 is 16.8 Å². The summed E-state index contributed by atoms with van der Waals surface area (Å²) in [4.78, 5) is 14.9. The zero-order valence-corrected chi connectivity index (χ0v) is 10.0. The number of fused-ring (bicyclic) bond motifs is 1. The molecule has 0 fully saturated rings. The van der Waals surface area contributed by atoms with Gasteiger partial charge in [0.05, 0.1) is 6.61 Å². The summed E-state index contributed by atoms with van der Waals surface area (Å²) in [6, 6.07) is 7.85. The predicted molar refractivity (Wildman–Crippen MR) is 67.2 cm³/mol. The van der Waals surface area contributed by atoms with Crippen molar-refractivity contribution in [1.82, 2.24) is 10.3 Å². The third-order valence-electron chi connectivity index (χ3n) is 2.72. The van der Waals surface area contributed by atoms with Crippen molar-refractivity contribution < 1.29 is 9.53 Å². The molecule has 2 aromatic rings. The highest BCUT2D eigenvalue weighted by atomic mass is 16.5. The van der Waals surface area contributed by atoms with E-state index in [0.29, 0.717) is 18.8 Å². The normalized spacial score (nSPS) is 10.7. The third kappa shape index (κ3) is 2.47. The van der Waals surface area contributed by atoms with Gasteiger partial charge in [0.1, 0.15) is 5.69 Å². The molecule has 2 N–H and O–H groups in total. The lowest BCUT2D eigenvalue weighted by molar-refractivity contribution is 0.0933. The zero-order valence-electron chi connectivity index (χ0n) is 10.0. The average molecular weight is 232 g/mol. The predicted octanol–water partition coefficient (Wildman–Crippen LogP) is 1.85. The lowest BCUT2D eigenvalue weighted by Crippen LogP contribution is -2.27. The van der Waals surface area contributed by atoms with Crippen LogP contribution in [0.4, 0.5) is 0 Å². The average Bonchev–Trinajstić information content (AvgIpc) is 2.75. The summed E-state index contributed by atoms with van der Waals surface area (Å²) in [6.45, 7) is 3.07. The van der Waals surface area contributed by atoms with Crippen LogP contribution in [-0.2, 0) is 4.74 Å². The van der Waals surface area contributed by atoms with E-state index in [-0.39, 0.29) is 5.91 Å². The molecule has 1 amide bonds. The van der Waals surface area contributed by atoms with E-state index >= 15 is 0 Å². The SMILES string of the molecule is COCCNC(=O)c1cc2c(C)cccc2[nH]1. The molecule has 4 heteroatoms. The van der Waals surface area contributed by atoms with Crippen molar-refractivity contribution in [1.29, 1.82) is 0 Å². The van der Waals surface area contributed by atoms with Crippen LogP contribution in [-0.4, -0.2) is 31.2 Å². The first-order valence-electron chi connectivity index (χ1n) is 5.58. The second kappa shape index (κ2) is 5.01. The Morgan fingerprint density at radius 2 is 2.29 bits per heavy atom. The van der Waals surface area contributed by atoms with Gasteiger partial charge in [0.15, 0.2) is 0 Å². The molecular formula is C13H16N2O2. The molecule has 4 nitrogen and oxygen atoms in total. The molecule has 0 atom stereocenters. The summed E-state index contributed by atoms with van der Waals surface area (Å²) in [7, 11) is 1.61. The van der Waals surface area contributed by atoms with Gasteiger partial charge in [-0.3, -0.25) is 4.79 Å². The lowest BCUT2D eigenvalue weighted by Gasteiger charge is -2.01. The number of carbonyl (C=O) groups is 1. The van der Waals surface area contributed by atoms with Crippen molar-refractivity contribution in [3.63, 3.8) is 0 Å². The molecule has 17 heavy (non-hydrogen) atoms. The van der Waals surface area contributed by atoms with Crippen LogP contribution in [0.3, 0.4) is 0 Å². The highest BCUT2D eigenvalue weighted by Gasteiger charge is 2.09. The molecule has 1 aromatic heterocycles. The first-order chi connectivity index (χ1) is 8.22. The Balaban J connectivity index is 2.19. The van der Waals surface area contributed by atoms with Crippen LogP contribution >= 0.6 is 0 Å². The molecule has 0 saturated heterocycles. The molecule has 2 rings (SSSR count). The minimum absolute atomic E-state index is 0.0994. The van der Waals surface area contributed by atoms with E-state index in [2.05, 4.69) is 10.3 Å². The van der Waals surface area contributed by atoms with Crippen molar-refractivity contribution in [2.24, 2.45) is 0 Å². The van der Waals surface area contributed by atoms with Crippen LogP contribution in [0.5, 0.6) is 0 Å². The van der Waals surface area contributed by atoms with E-state index in [1.54, 1.807) is 7.11 Å². The number of nitrogens with one attached hydrogen (secondary N) is 2. The van der Waals surface area contributed by atoms with Gasteiger partial charge < -0.3 is 15.0 Å².